The van der Waals surface area contributed by atoms with E-state index < -0.39 is 0 Å². The van der Waals surface area contributed by atoms with Crippen molar-refractivity contribution in [3.05, 3.63) is 23.3 Å². The fourth-order valence-electron chi connectivity index (χ4n) is 1.27. The molecular formula is C10H14N2O2. The van der Waals surface area contributed by atoms with Gasteiger partial charge in [-0.2, -0.15) is 0 Å². The van der Waals surface area contributed by atoms with Gasteiger partial charge in [-0.05, 0) is 26.2 Å². The molecule has 76 valence electrons. The second kappa shape index (κ2) is 4.11. The highest BCUT2D eigenvalue weighted by Crippen LogP contribution is 2.26. The molecule has 1 aromatic rings. The number of benzene rings is 1. The van der Waals surface area contributed by atoms with Crippen molar-refractivity contribution in [2.45, 2.75) is 6.54 Å². The van der Waals surface area contributed by atoms with Crippen LogP contribution in [0.25, 0.3) is 0 Å². The number of aromatic hydroxyl groups is 1. The fourth-order valence-corrected chi connectivity index (χ4v) is 1.27. The minimum Gasteiger partial charge on any atom is -0.505 e. The molecule has 0 saturated carbocycles. The summed E-state index contributed by atoms with van der Waals surface area (Å²) in [6.45, 7) is 0.553. The van der Waals surface area contributed by atoms with E-state index in [1.807, 2.05) is 19.0 Å². The zero-order valence-electron chi connectivity index (χ0n) is 8.32. The Balaban J connectivity index is 3.13. The van der Waals surface area contributed by atoms with Gasteiger partial charge in [0.05, 0.1) is 5.69 Å². The molecule has 3 N–H and O–H groups in total. The minimum atomic E-state index is 0.0595. The Kier molecular flexibility index (Phi) is 3.09. The highest BCUT2D eigenvalue weighted by Gasteiger charge is 2.07. The van der Waals surface area contributed by atoms with E-state index in [1.165, 1.54) is 6.07 Å². The van der Waals surface area contributed by atoms with Crippen LogP contribution < -0.4 is 5.73 Å². The smallest absolute Gasteiger partial charge is 0.150 e. The van der Waals surface area contributed by atoms with Crippen LogP contribution in [0.15, 0.2) is 12.1 Å². The molecule has 4 nitrogen and oxygen atoms in total. The molecule has 0 atom stereocenters. The van der Waals surface area contributed by atoms with E-state index in [9.17, 15) is 9.90 Å². The van der Waals surface area contributed by atoms with Crippen molar-refractivity contribution in [1.29, 1.82) is 0 Å². The minimum absolute atomic E-state index is 0.0595. The molecule has 0 saturated heterocycles. The summed E-state index contributed by atoms with van der Waals surface area (Å²) in [5.74, 6) is 0.0595. The Hall–Kier alpha value is -1.55. The molecule has 0 radical (unpaired) electrons. The van der Waals surface area contributed by atoms with Crippen molar-refractivity contribution in [3.63, 3.8) is 0 Å². The summed E-state index contributed by atoms with van der Waals surface area (Å²) < 4.78 is 0. The quantitative estimate of drug-likeness (QED) is 0.425. The molecule has 0 aliphatic heterocycles. The first-order valence-corrected chi connectivity index (χ1v) is 4.26. The van der Waals surface area contributed by atoms with Crippen molar-refractivity contribution >= 4 is 12.0 Å². The monoisotopic (exact) mass is 194 g/mol. The van der Waals surface area contributed by atoms with Crippen molar-refractivity contribution in [1.82, 2.24) is 4.90 Å². The van der Waals surface area contributed by atoms with Crippen LogP contribution in [0, 0.1) is 0 Å². The van der Waals surface area contributed by atoms with Crippen molar-refractivity contribution in [2.24, 2.45) is 0 Å². The molecular weight excluding hydrogens is 180 g/mol. The SMILES string of the molecule is CN(C)Cc1cc(C=O)cc(N)c1O. The standard InChI is InChI=1S/C10H14N2O2/c1-12(2)5-8-3-7(6-13)4-9(11)10(8)14/h3-4,6,14H,5,11H2,1-2H3. The number of rotatable bonds is 3. The molecule has 0 heterocycles. The normalized spacial score (nSPS) is 10.5. The summed E-state index contributed by atoms with van der Waals surface area (Å²) in [5, 5.41) is 9.60. The largest absolute Gasteiger partial charge is 0.505 e. The number of nitrogen functional groups attached to an aromatic ring is 1. The van der Waals surface area contributed by atoms with Gasteiger partial charge < -0.3 is 15.7 Å². The van der Waals surface area contributed by atoms with Gasteiger partial charge in [-0.25, -0.2) is 0 Å². The Labute approximate surface area is 82.9 Å². The number of nitrogens with zero attached hydrogens (tertiary/aromatic N) is 1. The summed E-state index contributed by atoms with van der Waals surface area (Å²) in [6.07, 6.45) is 0.717. The molecule has 4 heteroatoms. The number of anilines is 1. The van der Waals surface area contributed by atoms with Crippen LogP contribution in [0.2, 0.25) is 0 Å². The van der Waals surface area contributed by atoms with Crippen molar-refractivity contribution in [2.75, 3.05) is 19.8 Å². The van der Waals surface area contributed by atoms with E-state index in [2.05, 4.69) is 0 Å². The predicted molar refractivity (Wildman–Crippen MR) is 55.3 cm³/mol. The van der Waals surface area contributed by atoms with Crippen LogP contribution >= 0.6 is 0 Å². The Morgan fingerprint density at radius 1 is 1.50 bits per heavy atom. The molecule has 1 rings (SSSR count). The number of phenols is 1. The lowest BCUT2D eigenvalue weighted by molar-refractivity contribution is 0.112. The highest BCUT2D eigenvalue weighted by atomic mass is 16.3. The van der Waals surface area contributed by atoms with Crippen LogP contribution in [-0.4, -0.2) is 30.4 Å². The zero-order chi connectivity index (χ0) is 10.7. The molecule has 0 aliphatic rings. The van der Waals surface area contributed by atoms with Crippen LogP contribution in [0.1, 0.15) is 15.9 Å². The number of nitrogens with two attached hydrogens (primary N) is 1. The van der Waals surface area contributed by atoms with Gasteiger partial charge in [-0.3, -0.25) is 4.79 Å². The third kappa shape index (κ3) is 2.23. The molecule has 0 amide bonds. The number of hydrogen-bond donors (Lipinski definition) is 2. The first-order valence-electron chi connectivity index (χ1n) is 4.26. The highest BCUT2D eigenvalue weighted by molar-refractivity contribution is 5.79. The lowest BCUT2D eigenvalue weighted by Gasteiger charge is -2.12. The molecule has 0 aliphatic carbocycles. The van der Waals surface area contributed by atoms with Crippen molar-refractivity contribution in [3.8, 4) is 5.75 Å². The lowest BCUT2D eigenvalue weighted by Crippen LogP contribution is -2.11. The summed E-state index contributed by atoms with van der Waals surface area (Å²) in [5.41, 5.74) is 6.93. The number of hydrogen-bond acceptors (Lipinski definition) is 4. The predicted octanol–water partition coefficient (Wildman–Crippen LogP) is 0.849. The first-order chi connectivity index (χ1) is 6.54. The van der Waals surface area contributed by atoms with Gasteiger partial charge in [0, 0.05) is 17.7 Å². The number of carbonyl (C=O) groups excluding carboxylic acids is 1. The molecule has 1 aromatic carbocycles. The Morgan fingerprint density at radius 3 is 2.64 bits per heavy atom. The van der Waals surface area contributed by atoms with Crippen LogP contribution in [0.3, 0.4) is 0 Å². The zero-order valence-corrected chi connectivity index (χ0v) is 8.32. The van der Waals surface area contributed by atoms with Gasteiger partial charge in [0.15, 0.2) is 0 Å². The van der Waals surface area contributed by atoms with Gasteiger partial charge >= 0.3 is 0 Å². The summed E-state index contributed by atoms with van der Waals surface area (Å²) in [7, 11) is 3.76. The molecule has 0 fully saturated rings. The second-order valence-electron chi connectivity index (χ2n) is 3.47. The first kappa shape index (κ1) is 10.5. The Bertz CT molecular complexity index is 348. The van der Waals surface area contributed by atoms with Crippen LogP contribution in [0.5, 0.6) is 5.75 Å². The summed E-state index contributed by atoms with van der Waals surface area (Å²) >= 11 is 0. The van der Waals surface area contributed by atoms with E-state index in [0.717, 1.165) is 6.29 Å². The van der Waals surface area contributed by atoms with Crippen LogP contribution in [0.4, 0.5) is 5.69 Å². The average molecular weight is 194 g/mol. The van der Waals surface area contributed by atoms with E-state index in [1.54, 1.807) is 6.07 Å². The number of carbonyl (C=O) groups is 1. The molecule has 0 unspecified atom stereocenters. The number of aldehydes is 1. The molecule has 0 spiro atoms. The lowest BCUT2D eigenvalue weighted by atomic mass is 10.1. The molecule has 0 aromatic heterocycles. The Morgan fingerprint density at radius 2 is 2.14 bits per heavy atom. The van der Waals surface area contributed by atoms with E-state index >= 15 is 0 Å². The number of phenolic OH excluding ortho intramolecular Hbond substituents is 1. The van der Waals surface area contributed by atoms with Gasteiger partial charge in [0.1, 0.15) is 12.0 Å². The van der Waals surface area contributed by atoms with Gasteiger partial charge in [0.2, 0.25) is 0 Å². The third-order valence-corrected chi connectivity index (χ3v) is 1.86. The van der Waals surface area contributed by atoms with Crippen molar-refractivity contribution < 1.29 is 9.90 Å². The fraction of sp³-hybridized carbons (Fsp3) is 0.300. The van der Waals surface area contributed by atoms with Gasteiger partial charge in [-0.15, -0.1) is 0 Å². The molecule has 0 bridgehead atoms. The van der Waals surface area contributed by atoms with Gasteiger partial charge in [0.25, 0.3) is 0 Å². The van der Waals surface area contributed by atoms with E-state index in [-0.39, 0.29) is 11.4 Å². The third-order valence-electron chi connectivity index (χ3n) is 1.86. The maximum absolute atomic E-state index is 10.6. The average Bonchev–Trinajstić information content (AvgIpc) is 2.11. The van der Waals surface area contributed by atoms with E-state index in [0.29, 0.717) is 17.7 Å². The molecule has 14 heavy (non-hydrogen) atoms. The summed E-state index contributed by atoms with van der Waals surface area (Å²) in [6, 6.07) is 3.10. The van der Waals surface area contributed by atoms with E-state index in [4.69, 9.17) is 5.73 Å². The maximum Gasteiger partial charge on any atom is 0.150 e. The topological polar surface area (TPSA) is 66.6 Å². The van der Waals surface area contributed by atoms with Gasteiger partial charge in [-0.1, -0.05) is 0 Å². The summed E-state index contributed by atoms with van der Waals surface area (Å²) in [4.78, 5) is 12.4. The van der Waals surface area contributed by atoms with Crippen LogP contribution in [-0.2, 0) is 6.54 Å². The maximum atomic E-state index is 10.6. The second-order valence-corrected chi connectivity index (χ2v) is 3.47.